The molecule has 0 aliphatic carbocycles. The molecule has 1 heterocycles. The second-order valence-corrected chi connectivity index (χ2v) is 2.39. The Kier molecular flexibility index (Phi) is 2.29. The lowest BCUT2D eigenvalue weighted by Gasteiger charge is -1.98. The van der Waals surface area contributed by atoms with Crippen LogP contribution in [0.1, 0.15) is 5.69 Å². The van der Waals surface area contributed by atoms with E-state index < -0.39 is 0 Å². The first-order valence-corrected chi connectivity index (χ1v) is 3.39. The molecular formula is C7H6ClN3. The standard InChI is InChI=1S/C7H6ClN3/c8-7-2-1-5(10)6(11-7)3-4-9/h1-2H,3,10H2. The first kappa shape index (κ1) is 7.83. The van der Waals surface area contributed by atoms with E-state index >= 15 is 0 Å². The summed E-state index contributed by atoms with van der Waals surface area (Å²) in [6.07, 6.45) is 0.201. The zero-order chi connectivity index (χ0) is 8.27. The van der Waals surface area contributed by atoms with E-state index in [1.165, 1.54) is 0 Å². The highest BCUT2D eigenvalue weighted by molar-refractivity contribution is 6.29. The molecule has 0 radical (unpaired) electrons. The molecule has 0 atom stereocenters. The topological polar surface area (TPSA) is 62.7 Å². The Morgan fingerprint density at radius 1 is 1.64 bits per heavy atom. The molecule has 0 unspecified atom stereocenters. The average Bonchev–Trinajstić information content (AvgIpc) is 1.98. The fourth-order valence-electron chi connectivity index (χ4n) is 0.702. The normalized spacial score (nSPS) is 9.09. The number of anilines is 1. The van der Waals surface area contributed by atoms with Crippen LogP contribution in [-0.4, -0.2) is 4.98 Å². The number of aromatic nitrogens is 1. The van der Waals surface area contributed by atoms with E-state index in [1.807, 2.05) is 6.07 Å². The molecule has 4 heteroatoms. The van der Waals surface area contributed by atoms with Crippen molar-refractivity contribution in [2.75, 3.05) is 5.73 Å². The van der Waals surface area contributed by atoms with Gasteiger partial charge in [0.1, 0.15) is 5.15 Å². The molecule has 0 amide bonds. The SMILES string of the molecule is N#CCc1nc(Cl)ccc1N. The van der Waals surface area contributed by atoms with Crippen molar-refractivity contribution in [1.82, 2.24) is 4.98 Å². The zero-order valence-electron chi connectivity index (χ0n) is 5.71. The van der Waals surface area contributed by atoms with Crippen molar-refractivity contribution in [2.45, 2.75) is 6.42 Å². The Balaban J connectivity index is 3.05. The van der Waals surface area contributed by atoms with Gasteiger partial charge in [0.25, 0.3) is 0 Å². The molecule has 56 valence electrons. The molecule has 0 spiro atoms. The monoisotopic (exact) mass is 167 g/mol. The highest BCUT2D eigenvalue weighted by atomic mass is 35.5. The Bertz CT molecular complexity index is 303. The summed E-state index contributed by atoms with van der Waals surface area (Å²) in [7, 11) is 0. The van der Waals surface area contributed by atoms with Crippen molar-refractivity contribution < 1.29 is 0 Å². The van der Waals surface area contributed by atoms with Crippen molar-refractivity contribution in [3.8, 4) is 6.07 Å². The van der Waals surface area contributed by atoms with E-state index in [0.717, 1.165) is 0 Å². The molecular weight excluding hydrogens is 162 g/mol. The maximum absolute atomic E-state index is 8.35. The molecule has 3 nitrogen and oxygen atoms in total. The lowest BCUT2D eigenvalue weighted by Crippen LogP contribution is -1.96. The van der Waals surface area contributed by atoms with Crippen LogP contribution >= 0.6 is 11.6 Å². The van der Waals surface area contributed by atoms with Crippen LogP contribution in [-0.2, 0) is 6.42 Å². The lowest BCUT2D eigenvalue weighted by molar-refractivity contribution is 1.12. The van der Waals surface area contributed by atoms with Crippen molar-refractivity contribution in [2.24, 2.45) is 0 Å². The number of halogens is 1. The third-order valence-electron chi connectivity index (χ3n) is 1.22. The molecule has 1 aromatic heterocycles. The number of nitrogens with two attached hydrogens (primary N) is 1. The van der Waals surface area contributed by atoms with Crippen molar-refractivity contribution in [3.05, 3.63) is 23.0 Å². The van der Waals surface area contributed by atoms with Gasteiger partial charge in [-0.3, -0.25) is 0 Å². The van der Waals surface area contributed by atoms with Crippen LogP contribution in [0.3, 0.4) is 0 Å². The third-order valence-corrected chi connectivity index (χ3v) is 1.43. The molecule has 0 aliphatic heterocycles. The minimum absolute atomic E-state index is 0.201. The third kappa shape index (κ3) is 1.82. The van der Waals surface area contributed by atoms with Gasteiger partial charge in [0.15, 0.2) is 0 Å². The molecule has 0 fully saturated rings. The Labute approximate surface area is 69.4 Å². The minimum atomic E-state index is 0.201. The number of rotatable bonds is 1. The first-order valence-electron chi connectivity index (χ1n) is 3.02. The quantitative estimate of drug-likeness (QED) is 0.643. The number of nitriles is 1. The predicted octanol–water partition coefficient (Wildman–Crippen LogP) is 1.38. The van der Waals surface area contributed by atoms with Gasteiger partial charge in [0.05, 0.1) is 23.9 Å². The van der Waals surface area contributed by atoms with Crippen LogP contribution in [0.5, 0.6) is 0 Å². The van der Waals surface area contributed by atoms with Crippen LogP contribution in [0, 0.1) is 11.3 Å². The number of nitrogen functional groups attached to an aromatic ring is 1. The summed E-state index contributed by atoms with van der Waals surface area (Å²) in [4.78, 5) is 3.88. The summed E-state index contributed by atoms with van der Waals surface area (Å²) in [5.41, 5.74) is 6.56. The lowest BCUT2D eigenvalue weighted by atomic mass is 10.2. The van der Waals surface area contributed by atoms with E-state index in [2.05, 4.69) is 4.98 Å². The van der Waals surface area contributed by atoms with Gasteiger partial charge in [0, 0.05) is 0 Å². The Morgan fingerprint density at radius 3 is 3.00 bits per heavy atom. The molecule has 0 saturated carbocycles. The van der Waals surface area contributed by atoms with Gasteiger partial charge in [-0.25, -0.2) is 4.98 Å². The summed E-state index contributed by atoms with van der Waals surface area (Å²) < 4.78 is 0. The fraction of sp³-hybridized carbons (Fsp3) is 0.143. The number of nitrogens with zero attached hydrogens (tertiary/aromatic N) is 2. The largest absolute Gasteiger partial charge is 0.397 e. The molecule has 1 rings (SSSR count). The van der Waals surface area contributed by atoms with Gasteiger partial charge >= 0.3 is 0 Å². The van der Waals surface area contributed by atoms with Crippen LogP contribution < -0.4 is 5.73 Å². The van der Waals surface area contributed by atoms with E-state index in [1.54, 1.807) is 12.1 Å². The second kappa shape index (κ2) is 3.22. The number of hydrogen-bond acceptors (Lipinski definition) is 3. The summed E-state index contributed by atoms with van der Waals surface area (Å²) in [6.45, 7) is 0. The Morgan fingerprint density at radius 2 is 2.36 bits per heavy atom. The van der Waals surface area contributed by atoms with Crippen molar-refractivity contribution in [1.29, 1.82) is 5.26 Å². The van der Waals surface area contributed by atoms with Crippen LogP contribution in [0.25, 0.3) is 0 Å². The molecule has 0 aromatic carbocycles. The Hall–Kier alpha value is -1.27. The summed E-state index contributed by atoms with van der Waals surface area (Å²) in [6, 6.07) is 5.19. The zero-order valence-corrected chi connectivity index (χ0v) is 6.47. The van der Waals surface area contributed by atoms with Gasteiger partial charge in [-0.2, -0.15) is 5.26 Å². The molecule has 1 aromatic rings. The van der Waals surface area contributed by atoms with Gasteiger partial charge < -0.3 is 5.73 Å². The molecule has 0 saturated heterocycles. The number of hydrogen-bond donors (Lipinski definition) is 1. The maximum atomic E-state index is 8.35. The second-order valence-electron chi connectivity index (χ2n) is 2.00. The van der Waals surface area contributed by atoms with Crippen LogP contribution in [0.4, 0.5) is 5.69 Å². The summed E-state index contributed by atoms with van der Waals surface area (Å²) in [5, 5.41) is 8.71. The minimum Gasteiger partial charge on any atom is -0.397 e. The van der Waals surface area contributed by atoms with E-state index in [9.17, 15) is 0 Å². The highest BCUT2D eigenvalue weighted by Crippen LogP contribution is 2.13. The average molecular weight is 168 g/mol. The molecule has 0 bridgehead atoms. The van der Waals surface area contributed by atoms with Crippen LogP contribution in [0.2, 0.25) is 5.15 Å². The highest BCUT2D eigenvalue weighted by Gasteiger charge is 1.99. The molecule has 2 N–H and O–H groups in total. The van der Waals surface area contributed by atoms with E-state index in [-0.39, 0.29) is 6.42 Å². The van der Waals surface area contributed by atoms with Gasteiger partial charge in [-0.15, -0.1) is 0 Å². The first-order chi connectivity index (χ1) is 5.24. The predicted molar refractivity (Wildman–Crippen MR) is 43.0 cm³/mol. The van der Waals surface area contributed by atoms with Crippen molar-refractivity contribution >= 4 is 17.3 Å². The smallest absolute Gasteiger partial charge is 0.129 e. The summed E-state index contributed by atoms with van der Waals surface area (Å²) in [5.74, 6) is 0. The molecule has 11 heavy (non-hydrogen) atoms. The fourth-order valence-corrected chi connectivity index (χ4v) is 0.867. The van der Waals surface area contributed by atoms with E-state index in [4.69, 9.17) is 22.6 Å². The molecule has 0 aliphatic rings. The van der Waals surface area contributed by atoms with Crippen molar-refractivity contribution in [3.63, 3.8) is 0 Å². The van der Waals surface area contributed by atoms with Gasteiger partial charge in [-0.05, 0) is 12.1 Å². The van der Waals surface area contributed by atoms with Crippen LogP contribution in [0.15, 0.2) is 12.1 Å². The van der Waals surface area contributed by atoms with Gasteiger partial charge in [0.2, 0.25) is 0 Å². The number of pyridine rings is 1. The van der Waals surface area contributed by atoms with Gasteiger partial charge in [-0.1, -0.05) is 11.6 Å². The maximum Gasteiger partial charge on any atom is 0.129 e. The summed E-state index contributed by atoms with van der Waals surface area (Å²) >= 11 is 5.58. The van der Waals surface area contributed by atoms with E-state index in [0.29, 0.717) is 16.5 Å².